The SMILES string of the molecule is CCC(C)C(O)C(C)C(C)C(C)OC. The van der Waals surface area contributed by atoms with Crippen molar-refractivity contribution in [3.8, 4) is 0 Å². The number of aliphatic hydroxyl groups excluding tert-OH is 1. The molecule has 2 nitrogen and oxygen atoms in total. The molecule has 0 aliphatic carbocycles. The molecular weight excluding hydrogens is 176 g/mol. The van der Waals surface area contributed by atoms with Crippen LogP contribution in [-0.4, -0.2) is 24.4 Å². The van der Waals surface area contributed by atoms with Gasteiger partial charge in [-0.1, -0.05) is 34.1 Å². The first kappa shape index (κ1) is 13.9. The lowest BCUT2D eigenvalue weighted by atomic mass is 9.81. The third-order valence-corrected chi connectivity index (χ3v) is 3.71. The molecule has 86 valence electrons. The summed E-state index contributed by atoms with van der Waals surface area (Å²) in [6, 6.07) is 0. The number of hydrogen-bond acceptors (Lipinski definition) is 2. The zero-order chi connectivity index (χ0) is 11.3. The second-order valence-corrected chi connectivity index (χ2v) is 4.54. The molecule has 14 heavy (non-hydrogen) atoms. The summed E-state index contributed by atoms with van der Waals surface area (Å²) < 4.78 is 5.29. The molecule has 0 radical (unpaired) electrons. The average molecular weight is 202 g/mol. The average Bonchev–Trinajstić information content (AvgIpc) is 2.23. The summed E-state index contributed by atoms with van der Waals surface area (Å²) in [7, 11) is 1.73. The van der Waals surface area contributed by atoms with E-state index in [1.54, 1.807) is 7.11 Å². The van der Waals surface area contributed by atoms with Gasteiger partial charge in [0.1, 0.15) is 0 Å². The Morgan fingerprint density at radius 3 is 1.93 bits per heavy atom. The molecule has 0 spiro atoms. The van der Waals surface area contributed by atoms with Crippen LogP contribution in [0.1, 0.15) is 41.0 Å². The molecule has 0 heterocycles. The van der Waals surface area contributed by atoms with E-state index in [1.165, 1.54) is 0 Å². The Hall–Kier alpha value is -0.0800. The van der Waals surface area contributed by atoms with Gasteiger partial charge in [0, 0.05) is 7.11 Å². The van der Waals surface area contributed by atoms with E-state index in [-0.39, 0.29) is 12.2 Å². The van der Waals surface area contributed by atoms with Gasteiger partial charge in [0.25, 0.3) is 0 Å². The Morgan fingerprint density at radius 2 is 1.57 bits per heavy atom. The normalized spacial score (nSPS) is 22.5. The van der Waals surface area contributed by atoms with Gasteiger partial charge in [-0.15, -0.1) is 0 Å². The van der Waals surface area contributed by atoms with Crippen LogP contribution in [0, 0.1) is 17.8 Å². The lowest BCUT2D eigenvalue weighted by molar-refractivity contribution is -0.0130. The molecule has 0 saturated carbocycles. The van der Waals surface area contributed by atoms with Crippen molar-refractivity contribution >= 4 is 0 Å². The largest absolute Gasteiger partial charge is 0.393 e. The number of methoxy groups -OCH3 is 1. The summed E-state index contributed by atoms with van der Waals surface area (Å²) in [5, 5.41) is 10.0. The minimum absolute atomic E-state index is 0.212. The fourth-order valence-electron chi connectivity index (χ4n) is 1.71. The molecular formula is C12H26O2. The minimum Gasteiger partial charge on any atom is -0.393 e. The van der Waals surface area contributed by atoms with E-state index in [9.17, 15) is 5.11 Å². The summed E-state index contributed by atoms with van der Waals surface area (Å²) in [4.78, 5) is 0. The minimum atomic E-state index is -0.215. The molecule has 0 aromatic rings. The molecule has 1 N–H and O–H groups in total. The molecule has 0 bridgehead atoms. The first-order valence-corrected chi connectivity index (χ1v) is 5.66. The van der Waals surface area contributed by atoms with Crippen LogP contribution in [0.4, 0.5) is 0 Å². The lowest BCUT2D eigenvalue weighted by Crippen LogP contribution is -2.34. The molecule has 0 aromatic carbocycles. The van der Waals surface area contributed by atoms with Gasteiger partial charge in [0.15, 0.2) is 0 Å². The van der Waals surface area contributed by atoms with Crippen molar-refractivity contribution in [2.45, 2.75) is 53.2 Å². The monoisotopic (exact) mass is 202 g/mol. The zero-order valence-electron chi connectivity index (χ0n) is 10.4. The molecule has 5 unspecified atom stereocenters. The van der Waals surface area contributed by atoms with Gasteiger partial charge in [-0.05, 0) is 24.7 Å². The van der Waals surface area contributed by atoms with E-state index in [4.69, 9.17) is 4.74 Å². The quantitative estimate of drug-likeness (QED) is 0.717. The van der Waals surface area contributed by atoms with Crippen molar-refractivity contribution in [1.29, 1.82) is 0 Å². The van der Waals surface area contributed by atoms with E-state index in [0.717, 1.165) is 6.42 Å². The second kappa shape index (κ2) is 6.41. The maximum atomic E-state index is 10.0. The van der Waals surface area contributed by atoms with Crippen LogP contribution in [0.3, 0.4) is 0 Å². The van der Waals surface area contributed by atoms with E-state index >= 15 is 0 Å². The highest BCUT2D eigenvalue weighted by Crippen LogP contribution is 2.25. The van der Waals surface area contributed by atoms with Crippen LogP contribution in [0.2, 0.25) is 0 Å². The van der Waals surface area contributed by atoms with Gasteiger partial charge >= 0.3 is 0 Å². The fraction of sp³-hybridized carbons (Fsp3) is 1.00. The molecule has 0 aromatic heterocycles. The predicted molar refractivity (Wildman–Crippen MR) is 60.3 cm³/mol. The van der Waals surface area contributed by atoms with Crippen LogP contribution in [-0.2, 0) is 4.74 Å². The fourth-order valence-corrected chi connectivity index (χ4v) is 1.71. The molecule has 5 atom stereocenters. The zero-order valence-corrected chi connectivity index (χ0v) is 10.4. The Balaban J connectivity index is 4.22. The second-order valence-electron chi connectivity index (χ2n) is 4.54. The highest BCUT2D eigenvalue weighted by molar-refractivity contribution is 4.77. The first-order valence-electron chi connectivity index (χ1n) is 5.66. The Labute approximate surface area is 88.7 Å². The van der Waals surface area contributed by atoms with Crippen molar-refractivity contribution in [1.82, 2.24) is 0 Å². The molecule has 2 heteroatoms. The highest BCUT2D eigenvalue weighted by atomic mass is 16.5. The number of rotatable bonds is 6. The summed E-state index contributed by atoms with van der Waals surface area (Å²) in [6.45, 7) is 10.5. The van der Waals surface area contributed by atoms with E-state index in [2.05, 4.69) is 34.6 Å². The summed E-state index contributed by atoms with van der Waals surface area (Å²) in [6.07, 6.45) is 1.02. The predicted octanol–water partition coefficient (Wildman–Crippen LogP) is 2.70. The summed E-state index contributed by atoms with van der Waals surface area (Å²) in [5.74, 6) is 1.06. The Morgan fingerprint density at radius 1 is 1.07 bits per heavy atom. The third-order valence-electron chi connectivity index (χ3n) is 3.71. The molecule has 0 rings (SSSR count). The van der Waals surface area contributed by atoms with Gasteiger partial charge in [-0.25, -0.2) is 0 Å². The maximum absolute atomic E-state index is 10.0. The summed E-state index contributed by atoms with van der Waals surface area (Å²) >= 11 is 0. The molecule has 0 saturated heterocycles. The number of hydrogen-bond donors (Lipinski definition) is 1. The van der Waals surface area contributed by atoms with Gasteiger partial charge in [0.2, 0.25) is 0 Å². The van der Waals surface area contributed by atoms with Gasteiger partial charge < -0.3 is 9.84 Å². The smallest absolute Gasteiger partial charge is 0.0594 e. The van der Waals surface area contributed by atoms with Crippen LogP contribution < -0.4 is 0 Å². The topological polar surface area (TPSA) is 29.5 Å². The third kappa shape index (κ3) is 3.58. The molecule has 0 aliphatic heterocycles. The summed E-state index contributed by atoms with van der Waals surface area (Å²) in [5.41, 5.74) is 0. The van der Waals surface area contributed by atoms with Gasteiger partial charge in [-0.3, -0.25) is 0 Å². The van der Waals surface area contributed by atoms with E-state index < -0.39 is 0 Å². The van der Waals surface area contributed by atoms with Crippen molar-refractivity contribution < 1.29 is 9.84 Å². The van der Waals surface area contributed by atoms with Crippen molar-refractivity contribution in [3.63, 3.8) is 0 Å². The van der Waals surface area contributed by atoms with Gasteiger partial charge in [-0.2, -0.15) is 0 Å². The van der Waals surface area contributed by atoms with Crippen LogP contribution in [0.5, 0.6) is 0 Å². The van der Waals surface area contributed by atoms with Gasteiger partial charge in [0.05, 0.1) is 12.2 Å². The Kier molecular flexibility index (Phi) is 6.38. The van der Waals surface area contributed by atoms with E-state index in [1.807, 2.05) is 0 Å². The molecule has 0 amide bonds. The molecule has 0 aliphatic rings. The highest BCUT2D eigenvalue weighted by Gasteiger charge is 2.27. The number of ether oxygens (including phenoxy) is 1. The Bertz CT molecular complexity index is 131. The maximum Gasteiger partial charge on any atom is 0.0594 e. The van der Waals surface area contributed by atoms with Crippen molar-refractivity contribution in [2.75, 3.05) is 7.11 Å². The molecule has 0 fully saturated rings. The first-order chi connectivity index (χ1) is 6.45. The van der Waals surface area contributed by atoms with Crippen LogP contribution >= 0.6 is 0 Å². The van der Waals surface area contributed by atoms with Crippen LogP contribution in [0.15, 0.2) is 0 Å². The van der Waals surface area contributed by atoms with Crippen molar-refractivity contribution in [3.05, 3.63) is 0 Å². The standard InChI is InChI=1S/C12H26O2/c1-7-8(2)12(13)10(4)9(3)11(5)14-6/h8-13H,7H2,1-6H3. The lowest BCUT2D eigenvalue weighted by Gasteiger charge is -2.31. The van der Waals surface area contributed by atoms with E-state index in [0.29, 0.717) is 17.8 Å². The number of aliphatic hydroxyl groups is 1. The van der Waals surface area contributed by atoms with Crippen molar-refractivity contribution in [2.24, 2.45) is 17.8 Å². The van der Waals surface area contributed by atoms with Crippen LogP contribution in [0.25, 0.3) is 0 Å².